The van der Waals surface area contributed by atoms with Crippen molar-refractivity contribution in [1.82, 2.24) is 14.9 Å². The lowest BCUT2D eigenvalue weighted by Gasteiger charge is -2.28. The number of hydrogen-bond acceptors (Lipinski definition) is 4. The van der Waals surface area contributed by atoms with E-state index in [2.05, 4.69) is 14.9 Å². The molecule has 0 radical (unpaired) electrons. The van der Waals surface area contributed by atoms with Gasteiger partial charge in [0.15, 0.2) is 0 Å². The minimum Gasteiger partial charge on any atom is -0.506 e. The van der Waals surface area contributed by atoms with Gasteiger partial charge >= 0.3 is 0 Å². The summed E-state index contributed by atoms with van der Waals surface area (Å²) in [7, 11) is 1.95. The monoisotopic (exact) mass is 337 g/mol. The van der Waals surface area contributed by atoms with Crippen LogP contribution in [0.15, 0.2) is 60.9 Å². The van der Waals surface area contributed by atoms with Crippen molar-refractivity contribution in [2.45, 2.75) is 19.5 Å². The molecule has 2 heterocycles. The van der Waals surface area contributed by atoms with Crippen LogP contribution in [0.2, 0.25) is 0 Å². The maximum Gasteiger partial charge on any atom is 0.138 e. The highest BCUT2D eigenvalue weighted by Crippen LogP contribution is 2.29. The molecule has 1 atom stereocenters. The topological polar surface area (TPSA) is 49.2 Å². The van der Waals surface area contributed by atoms with Gasteiger partial charge < -0.3 is 5.11 Å². The summed E-state index contributed by atoms with van der Waals surface area (Å²) in [6.45, 7) is 2.34. The number of pyridine rings is 2. The summed E-state index contributed by atoms with van der Waals surface area (Å²) >= 11 is 0. The largest absolute Gasteiger partial charge is 0.506 e. The SMILES string of the molecule is Cc1ccc(O)c(CN(C)C(c2ccc(F)cc2)c2cccnc2)n1. The standard InChI is InChI=1S/C20H20FN3O/c1-14-5-10-19(25)18(23-14)13-24(2)20(16-4-3-11-22-12-16)15-6-8-17(21)9-7-15/h3-12,20,25H,13H2,1-2H3. The Morgan fingerprint density at radius 1 is 1.08 bits per heavy atom. The molecule has 0 aliphatic heterocycles. The number of rotatable bonds is 5. The highest BCUT2D eigenvalue weighted by molar-refractivity contribution is 5.32. The van der Waals surface area contributed by atoms with E-state index in [4.69, 9.17) is 0 Å². The lowest BCUT2D eigenvalue weighted by atomic mass is 9.98. The second kappa shape index (κ2) is 7.40. The highest BCUT2D eigenvalue weighted by atomic mass is 19.1. The smallest absolute Gasteiger partial charge is 0.138 e. The van der Waals surface area contributed by atoms with E-state index >= 15 is 0 Å². The summed E-state index contributed by atoms with van der Waals surface area (Å²) in [5.74, 6) is -0.101. The van der Waals surface area contributed by atoms with Crippen LogP contribution in [0.3, 0.4) is 0 Å². The number of hydrogen-bond donors (Lipinski definition) is 1. The summed E-state index contributed by atoms with van der Waals surface area (Å²) in [6.07, 6.45) is 3.52. The summed E-state index contributed by atoms with van der Waals surface area (Å²) in [4.78, 5) is 10.7. The normalized spacial score (nSPS) is 12.3. The van der Waals surface area contributed by atoms with Crippen LogP contribution in [-0.2, 0) is 6.54 Å². The van der Waals surface area contributed by atoms with Gasteiger partial charge in [0, 0.05) is 24.6 Å². The first kappa shape index (κ1) is 17.0. The molecule has 0 aliphatic carbocycles. The van der Waals surface area contributed by atoms with Crippen LogP contribution in [0.4, 0.5) is 4.39 Å². The molecule has 1 aromatic carbocycles. The maximum atomic E-state index is 13.3. The number of halogens is 1. The molecule has 4 nitrogen and oxygen atoms in total. The molecule has 5 heteroatoms. The predicted molar refractivity (Wildman–Crippen MR) is 94.6 cm³/mol. The number of aryl methyl sites for hydroxylation is 1. The van der Waals surface area contributed by atoms with Gasteiger partial charge in [0.25, 0.3) is 0 Å². The van der Waals surface area contributed by atoms with Crippen LogP contribution in [0.25, 0.3) is 0 Å². The Morgan fingerprint density at radius 3 is 2.52 bits per heavy atom. The van der Waals surface area contributed by atoms with Crippen molar-refractivity contribution < 1.29 is 9.50 Å². The molecule has 0 saturated heterocycles. The minimum atomic E-state index is -0.269. The van der Waals surface area contributed by atoms with Crippen LogP contribution in [0, 0.1) is 12.7 Å². The van der Waals surface area contributed by atoms with Crippen LogP contribution >= 0.6 is 0 Å². The number of benzene rings is 1. The summed E-state index contributed by atoms with van der Waals surface area (Å²) < 4.78 is 13.3. The van der Waals surface area contributed by atoms with E-state index in [1.165, 1.54) is 12.1 Å². The molecular weight excluding hydrogens is 317 g/mol. The third-order valence-corrected chi connectivity index (χ3v) is 4.12. The first-order valence-corrected chi connectivity index (χ1v) is 8.05. The van der Waals surface area contributed by atoms with Crippen molar-refractivity contribution in [2.75, 3.05) is 7.05 Å². The van der Waals surface area contributed by atoms with E-state index in [0.717, 1.165) is 16.8 Å². The summed E-state index contributed by atoms with van der Waals surface area (Å²) in [5, 5.41) is 10.1. The van der Waals surface area contributed by atoms with E-state index in [0.29, 0.717) is 12.2 Å². The first-order valence-electron chi connectivity index (χ1n) is 8.05. The van der Waals surface area contributed by atoms with Crippen molar-refractivity contribution in [3.8, 4) is 5.75 Å². The first-order chi connectivity index (χ1) is 12.0. The molecule has 0 aliphatic rings. The van der Waals surface area contributed by atoms with Crippen molar-refractivity contribution in [2.24, 2.45) is 0 Å². The molecule has 25 heavy (non-hydrogen) atoms. The van der Waals surface area contributed by atoms with Crippen LogP contribution < -0.4 is 0 Å². The maximum absolute atomic E-state index is 13.3. The summed E-state index contributed by atoms with van der Waals surface area (Å²) in [5.41, 5.74) is 3.40. The van der Waals surface area contributed by atoms with Gasteiger partial charge in [0.2, 0.25) is 0 Å². The second-order valence-corrected chi connectivity index (χ2v) is 6.07. The fraction of sp³-hybridized carbons (Fsp3) is 0.200. The van der Waals surface area contributed by atoms with Gasteiger partial charge in [-0.3, -0.25) is 14.9 Å². The molecular formula is C20H20FN3O. The Kier molecular flexibility index (Phi) is 5.05. The van der Waals surface area contributed by atoms with Crippen molar-refractivity contribution in [1.29, 1.82) is 0 Å². The van der Waals surface area contributed by atoms with E-state index in [1.54, 1.807) is 36.7 Å². The average molecular weight is 337 g/mol. The zero-order valence-corrected chi connectivity index (χ0v) is 14.2. The highest BCUT2D eigenvalue weighted by Gasteiger charge is 2.21. The lowest BCUT2D eigenvalue weighted by molar-refractivity contribution is 0.262. The van der Waals surface area contributed by atoms with Gasteiger partial charge in [-0.05, 0) is 55.4 Å². The van der Waals surface area contributed by atoms with Gasteiger partial charge in [0.05, 0.1) is 11.7 Å². The Labute approximate surface area is 146 Å². The third-order valence-electron chi connectivity index (χ3n) is 4.12. The number of nitrogens with zero attached hydrogens (tertiary/aromatic N) is 3. The molecule has 3 aromatic rings. The zero-order valence-electron chi connectivity index (χ0n) is 14.2. The van der Waals surface area contributed by atoms with Gasteiger partial charge in [-0.15, -0.1) is 0 Å². The van der Waals surface area contributed by atoms with Crippen LogP contribution in [0.5, 0.6) is 5.75 Å². The lowest BCUT2D eigenvalue weighted by Crippen LogP contribution is -2.26. The molecule has 3 rings (SSSR count). The van der Waals surface area contributed by atoms with E-state index in [-0.39, 0.29) is 17.6 Å². The van der Waals surface area contributed by atoms with Gasteiger partial charge in [0.1, 0.15) is 11.6 Å². The minimum absolute atomic E-state index is 0.129. The Bertz CT molecular complexity index is 837. The molecule has 0 spiro atoms. The molecule has 1 unspecified atom stereocenters. The molecule has 1 N–H and O–H groups in total. The van der Waals surface area contributed by atoms with Gasteiger partial charge in [-0.25, -0.2) is 4.39 Å². The van der Waals surface area contributed by atoms with Gasteiger partial charge in [-0.2, -0.15) is 0 Å². The fourth-order valence-corrected chi connectivity index (χ4v) is 2.93. The van der Waals surface area contributed by atoms with Crippen LogP contribution in [-0.4, -0.2) is 27.0 Å². The molecule has 0 saturated carbocycles. The predicted octanol–water partition coefficient (Wildman–Crippen LogP) is 3.85. The number of aromatic hydroxyl groups is 1. The second-order valence-electron chi connectivity index (χ2n) is 6.07. The molecule has 2 aromatic heterocycles. The van der Waals surface area contributed by atoms with Gasteiger partial charge in [-0.1, -0.05) is 18.2 Å². The average Bonchev–Trinajstić information content (AvgIpc) is 2.61. The van der Waals surface area contributed by atoms with E-state index in [9.17, 15) is 9.50 Å². The molecule has 0 bridgehead atoms. The third kappa shape index (κ3) is 4.00. The molecule has 0 fully saturated rings. The Hall–Kier alpha value is -2.79. The Balaban J connectivity index is 1.96. The van der Waals surface area contributed by atoms with Crippen molar-refractivity contribution in [3.63, 3.8) is 0 Å². The summed E-state index contributed by atoms with van der Waals surface area (Å²) in [6, 6.07) is 13.6. The molecule has 0 amide bonds. The fourth-order valence-electron chi connectivity index (χ4n) is 2.93. The van der Waals surface area contributed by atoms with E-state index < -0.39 is 0 Å². The molecule has 128 valence electrons. The van der Waals surface area contributed by atoms with Crippen molar-refractivity contribution >= 4 is 0 Å². The Morgan fingerprint density at radius 2 is 1.84 bits per heavy atom. The van der Waals surface area contributed by atoms with Crippen LogP contribution in [0.1, 0.15) is 28.6 Å². The zero-order chi connectivity index (χ0) is 17.8. The quantitative estimate of drug-likeness (QED) is 0.768. The van der Waals surface area contributed by atoms with E-state index in [1.807, 2.05) is 26.1 Å². The van der Waals surface area contributed by atoms with Crippen molar-refractivity contribution in [3.05, 3.63) is 89.3 Å². The number of aromatic nitrogens is 2.